The highest BCUT2D eigenvalue weighted by molar-refractivity contribution is 7.15. The summed E-state index contributed by atoms with van der Waals surface area (Å²) in [5, 5.41) is 2.05. The van der Waals surface area contributed by atoms with Crippen LogP contribution in [-0.2, 0) is 13.0 Å². The van der Waals surface area contributed by atoms with Crippen LogP contribution in [0.15, 0.2) is 35.8 Å². The Bertz CT molecular complexity index is 773. The quantitative estimate of drug-likeness (QED) is 0.787. The third kappa shape index (κ3) is 1.53. The highest BCUT2D eigenvalue weighted by atomic mass is 32.1. The van der Waals surface area contributed by atoms with Crippen molar-refractivity contribution in [1.82, 2.24) is 9.38 Å². The smallest absolute Gasteiger partial charge is 0.195 e. The van der Waals surface area contributed by atoms with Gasteiger partial charge in [0.05, 0.1) is 5.69 Å². The standard InChI is InChI=1S/C15H16N4S/c1-10-8-11-4-2-3-5-12(11)19(10)14-13(9-16)18-6-7-20-15(18)17-14/h2-7,10H,8-9,16H2,1H3. The van der Waals surface area contributed by atoms with Gasteiger partial charge in [0.15, 0.2) is 10.8 Å². The van der Waals surface area contributed by atoms with E-state index in [2.05, 4.69) is 40.5 Å². The van der Waals surface area contributed by atoms with Crippen LogP contribution in [0, 0.1) is 0 Å². The van der Waals surface area contributed by atoms with Gasteiger partial charge < -0.3 is 10.6 Å². The van der Waals surface area contributed by atoms with Gasteiger partial charge in [-0.15, -0.1) is 11.3 Å². The fraction of sp³-hybridized carbons (Fsp3) is 0.267. The van der Waals surface area contributed by atoms with Crippen molar-refractivity contribution >= 4 is 27.8 Å². The number of imidazole rings is 1. The Morgan fingerprint density at radius 2 is 2.25 bits per heavy atom. The number of benzene rings is 1. The number of para-hydroxylation sites is 1. The first-order valence-electron chi connectivity index (χ1n) is 6.81. The molecule has 4 rings (SSSR count). The summed E-state index contributed by atoms with van der Waals surface area (Å²) in [6, 6.07) is 8.98. The van der Waals surface area contributed by atoms with Crippen LogP contribution in [0.3, 0.4) is 0 Å². The first kappa shape index (κ1) is 11.9. The minimum Gasteiger partial charge on any atom is -0.325 e. The molecule has 4 nitrogen and oxygen atoms in total. The Morgan fingerprint density at radius 1 is 1.40 bits per heavy atom. The maximum absolute atomic E-state index is 5.97. The molecule has 0 amide bonds. The van der Waals surface area contributed by atoms with E-state index in [0.29, 0.717) is 12.6 Å². The van der Waals surface area contributed by atoms with E-state index in [-0.39, 0.29) is 0 Å². The second-order valence-electron chi connectivity index (χ2n) is 5.19. The molecule has 1 unspecified atom stereocenters. The lowest BCUT2D eigenvalue weighted by molar-refractivity contribution is 0.746. The molecule has 0 saturated carbocycles. The van der Waals surface area contributed by atoms with E-state index in [1.807, 2.05) is 11.6 Å². The van der Waals surface area contributed by atoms with E-state index in [0.717, 1.165) is 22.9 Å². The largest absolute Gasteiger partial charge is 0.325 e. The molecule has 2 aromatic heterocycles. The molecule has 3 heterocycles. The number of fused-ring (bicyclic) bond motifs is 2. The molecule has 1 aliphatic rings. The van der Waals surface area contributed by atoms with Crippen molar-refractivity contribution in [2.24, 2.45) is 5.73 Å². The van der Waals surface area contributed by atoms with Crippen molar-refractivity contribution in [1.29, 1.82) is 0 Å². The summed E-state index contributed by atoms with van der Waals surface area (Å²) in [6.07, 6.45) is 3.11. The Balaban J connectivity index is 1.92. The number of anilines is 2. The monoisotopic (exact) mass is 284 g/mol. The number of hydrogen-bond donors (Lipinski definition) is 1. The molecule has 20 heavy (non-hydrogen) atoms. The zero-order valence-corrected chi connectivity index (χ0v) is 12.1. The molecule has 1 aromatic carbocycles. The van der Waals surface area contributed by atoms with Gasteiger partial charge in [0, 0.05) is 29.9 Å². The third-order valence-corrected chi connectivity index (χ3v) is 4.73. The van der Waals surface area contributed by atoms with Crippen molar-refractivity contribution in [2.45, 2.75) is 25.9 Å². The van der Waals surface area contributed by atoms with E-state index < -0.39 is 0 Å². The lowest BCUT2D eigenvalue weighted by Gasteiger charge is -2.23. The van der Waals surface area contributed by atoms with Crippen molar-refractivity contribution in [3.63, 3.8) is 0 Å². The number of aromatic nitrogens is 2. The fourth-order valence-corrected chi connectivity index (χ4v) is 3.82. The van der Waals surface area contributed by atoms with Gasteiger partial charge in [0.25, 0.3) is 0 Å². The fourth-order valence-electron chi connectivity index (χ4n) is 3.09. The lowest BCUT2D eigenvalue weighted by Crippen LogP contribution is -2.25. The zero-order chi connectivity index (χ0) is 13.7. The van der Waals surface area contributed by atoms with E-state index in [1.165, 1.54) is 11.3 Å². The van der Waals surface area contributed by atoms with Crippen LogP contribution >= 0.6 is 11.3 Å². The summed E-state index contributed by atoms with van der Waals surface area (Å²) in [6.45, 7) is 2.74. The molecular weight excluding hydrogens is 268 g/mol. The van der Waals surface area contributed by atoms with E-state index >= 15 is 0 Å². The van der Waals surface area contributed by atoms with Crippen LogP contribution in [0.5, 0.6) is 0 Å². The molecular formula is C15H16N4S. The topological polar surface area (TPSA) is 46.6 Å². The van der Waals surface area contributed by atoms with Crippen LogP contribution in [-0.4, -0.2) is 15.4 Å². The first-order chi connectivity index (χ1) is 9.79. The Kier molecular flexibility index (Phi) is 2.58. The number of thiazole rings is 1. The number of nitrogens with two attached hydrogens (primary N) is 1. The van der Waals surface area contributed by atoms with Gasteiger partial charge in [-0.05, 0) is 25.0 Å². The molecule has 0 spiro atoms. The van der Waals surface area contributed by atoms with Gasteiger partial charge in [0.1, 0.15) is 0 Å². The van der Waals surface area contributed by atoms with Crippen LogP contribution in [0.4, 0.5) is 11.5 Å². The molecule has 0 radical (unpaired) electrons. The van der Waals surface area contributed by atoms with Gasteiger partial charge >= 0.3 is 0 Å². The van der Waals surface area contributed by atoms with Gasteiger partial charge in [0.2, 0.25) is 0 Å². The zero-order valence-electron chi connectivity index (χ0n) is 11.3. The summed E-state index contributed by atoms with van der Waals surface area (Å²) >= 11 is 1.65. The van der Waals surface area contributed by atoms with Crippen molar-refractivity contribution in [3.05, 3.63) is 47.1 Å². The molecule has 3 aromatic rings. The third-order valence-electron chi connectivity index (χ3n) is 3.97. The summed E-state index contributed by atoms with van der Waals surface area (Å²) in [4.78, 5) is 8.14. The molecule has 5 heteroatoms. The summed E-state index contributed by atoms with van der Waals surface area (Å²) in [7, 11) is 0. The van der Waals surface area contributed by atoms with Crippen LogP contribution in [0.25, 0.3) is 4.96 Å². The lowest BCUT2D eigenvalue weighted by atomic mass is 10.1. The minimum absolute atomic E-state index is 0.419. The molecule has 1 aliphatic heterocycles. The minimum atomic E-state index is 0.419. The second kappa shape index (κ2) is 4.33. The van der Waals surface area contributed by atoms with E-state index in [1.54, 1.807) is 11.3 Å². The van der Waals surface area contributed by atoms with Crippen LogP contribution in [0.2, 0.25) is 0 Å². The molecule has 0 saturated heterocycles. The van der Waals surface area contributed by atoms with Crippen molar-refractivity contribution in [3.8, 4) is 0 Å². The predicted molar refractivity (Wildman–Crippen MR) is 82.7 cm³/mol. The first-order valence-corrected chi connectivity index (χ1v) is 7.69. The Hall–Kier alpha value is -1.85. The highest BCUT2D eigenvalue weighted by Crippen LogP contribution is 2.39. The molecule has 102 valence electrons. The van der Waals surface area contributed by atoms with Gasteiger partial charge in [-0.25, -0.2) is 4.98 Å². The SMILES string of the molecule is CC1Cc2ccccc2N1c1nc2sccn2c1CN. The van der Waals surface area contributed by atoms with Gasteiger partial charge in [-0.1, -0.05) is 18.2 Å². The Morgan fingerprint density at radius 3 is 3.10 bits per heavy atom. The number of rotatable bonds is 2. The Labute approximate surface area is 121 Å². The van der Waals surface area contributed by atoms with E-state index in [4.69, 9.17) is 10.7 Å². The molecule has 0 fully saturated rings. The van der Waals surface area contributed by atoms with Crippen molar-refractivity contribution in [2.75, 3.05) is 4.90 Å². The molecule has 0 bridgehead atoms. The number of hydrogen-bond acceptors (Lipinski definition) is 4. The number of nitrogens with zero attached hydrogens (tertiary/aromatic N) is 3. The normalized spacial score (nSPS) is 17.9. The highest BCUT2D eigenvalue weighted by Gasteiger charge is 2.30. The molecule has 1 atom stereocenters. The average molecular weight is 284 g/mol. The molecule has 2 N–H and O–H groups in total. The van der Waals surface area contributed by atoms with E-state index in [9.17, 15) is 0 Å². The van der Waals surface area contributed by atoms with Crippen LogP contribution < -0.4 is 10.6 Å². The summed E-state index contributed by atoms with van der Waals surface area (Å²) < 4.78 is 2.10. The van der Waals surface area contributed by atoms with Gasteiger partial charge in [-0.3, -0.25) is 4.40 Å². The van der Waals surface area contributed by atoms with Crippen molar-refractivity contribution < 1.29 is 0 Å². The average Bonchev–Trinajstić information content (AvgIpc) is 3.08. The summed E-state index contributed by atoms with van der Waals surface area (Å²) in [5.41, 5.74) is 9.71. The summed E-state index contributed by atoms with van der Waals surface area (Å²) in [5.74, 6) is 1.01. The second-order valence-corrected chi connectivity index (χ2v) is 6.07. The maximum Gasteiger partial charge on any atom is 0.195 e. The maximum atomic E-state index is 5.97. The predicted octanol–water partition coefficient (Wildman–Crippen LogP) is 2.94. The van der Waals surface area contributed by atoms with Crippen LogP contribution in [0.1, 0.15) is 18.2 Å². The molecule has 0 aliphatic carbocycles. The van der Waals surface area contributed by atoms with Gasteiger partial charge in [-0.2, -0.15) is 0 Å².